The summed E-state index contributed by atoms with van der Waals surface area (Å²) in [7, 11) is 0. The molecule has 12 rings (SSSR count). The fourth-order valence-corrected chi connectivity index (χ4v) is 12.0. The van der Waals surface area contributed by atoms with Gasteiger partial charge in [0.25, 0.3) is 0 Å². The minimum Gasteiger partial charge on any atom is -0.261 e. The Balaban J connectivity index is 0.000000688. The lowest BCUT2D eigenvalue weighted by molar-refractivity contribution is 0.577. The number of halogens is 9. The number of hydrogen-bond acceptors (Lipinski definition) is 3. The second kappa shape index (κ2) is 60.3. The fraction of sp³-hybridized carbons (Fsp3) is 0.395. The van der Waals surface area contributed by atoms with E-state index in [0.717, 1.165) is 72.0 Å². The van der Waals surface area contributed by atoms with Gasteiger partial charge in [-0.3, -0.25) is 4.98 Å². The van der Waals surface area contributed by atoms with E-state index in [0.29, 0.717) is 58.8 Å². The molecule has 0 N–H and O–H groups in total. The van der Waals surface area contributed by atoms with Crippen molar-refractivity contribution in [2.45, 2.75) is 299 Å². The largest absolute Gasteiger partial charge is 0.261 e. The monoisotopic (exact) mass is 1760 g/mol. The molecule has 0 saturated heterocycles. The zero-order chi connectivity index (χ0) is 95.9. The average Bonchev–Trinajstić information content (AvgIpc) is 0.872. The molecule has 0 atom stereocenters. The molecule has 2 heterocycles. The number of benzene rings is 10. The molecule has 0 fully saturated rings. The van der Waals surface area contributed by atoms with Gasteiger partial charge >= 0.3 is 0 Å². The lowest BCUT2D eigenvalue weighted by Gasteiger charge is -2.07. The maximum atomic E-state index is 13.1. The van der Waals surface area contributed by atoms with E-state index in [2.05, 4.69) is 252 Å². The van der Waals surface area contributed by atoms with Crippen molar-refractivity contribution in [3.8, 4) is 0 Å². The Labute approximate surface area is 768 Å². The molecule has 3 nitrogen and oxygen atoms in total. The van der Waals surface area contributed by atoms with Crippen molar-refractivity contribution >= 4 is 23.2 Å². The van der Waals surface area contributed by atoms with Crippen molar-refractivity contribution in [3.63, 3.8) is 0 Å². The predicted octanol–water partition coefficient (Wildman–Crippen LogP) is 37.0. The molecule has 2 aromatic heterocycles. The fourth-order valence-electron chi connectivity index (χ4n) is 11.4. The van der Waals surface area contributed by atoms with E-state index >= 15 is 0 Å². The van der Waals surface area contributed by atoms with E-state index in [1.165, 1.54) is 80.0 Å². The average molecular weight is 1770 g/mol. The Bertz CT molecular complexity index is 4610. The molecule has 0 aliphatic heterocycles. The van der Waals surface area contributed by atoms with Crippen LogP contribution in [0, 0.1) is 103 Å². The summed E-state index contributed by atoms with van der Waals surface area (Å²) in [6.45, 7) is 67.9. The van der Waals surface area contributed by atoms with E-state index in [9.17, 15) is 30.7 Å². The van der Waals surface area contributed by atoms with Crippen molar-refractivity contribution < 1.29 is 30.7 Å². The second-order valence-electron chi connectivity index (χ2n) is 35.9. The molecule has 0 bridgehead atoms. The molecule has 0 aliphatic rings. The first-order valence-electron chi connectivity index (χ1n) is 44.5. The maximum absolute atomic E-state index is 13.1. The minimum atomic E-state index is -0.506. The predicted molar refractivity (Wildman–Crippen MR) is 532 cm³/mol. The summed E-state index contributed by atoms with van der Waals surface area (Å²) in [5.74, 6) is 4.75. The van der Waals surface area contributed by atoms with Gasteiger partial charge in [-0.1, -0.05) is 340 Å². The van der Waals surface area contributed by atoms with Crippen LogP contribution < -0.4 is 0 Å². The molecule has 684 valence electrons. The van der Waals surface area contributed by atoms with E-state index in [-0.39, 0.29) is 46.8 Å². The van der Waals surface area contributed by atoms with Crippen LogP contribution in [0.4, 0.5) is 30.7 Å². The summed E-state index contributed by atoms with van der Waals surface area (Å²) in [4.78, 5) is 12.4. The molecule has 10 aromatic carbocycles. The van der Waals surface area contributed by atoms with Crippen LogP contribution in [0.15, 0.2) is 237 Å². The minimum absolute atomic E-state index is 0.0833. The molecule has 12 heteroatoms. The van der Waals surface area contributed by atoms with Crippen molar-refractivity contribution in [3.05, 3.63) is 405 Å². The maximum Gasteiger partial charge on any atom is 0.130 e. The Kier molecular flexibility index (Phi) is 54.8. The van der Waals surface area contributed by atoms with Crippen LogP contribution in [0.3, 0.4) is 0 Å². The van der Waals surface area contributed by atoms with Gasteiger partial charge in [0, 0.05) is 46.3 Å². The first-order chi connectivity index (χ1) is 58.8. The summed E-state index contributed by atoms with van der Waals surface area (Å²) >= 11 is 12.0. The summed E-state index contributed by atoms with van der Waals surface area (Å²) < 4.78 is 89.5. The van der Waals surface area contributed by atoms with Crippen LogP contribution in [-0.4, -0.2) is 15.0 Å². The smallest absolute Gasteiger partial charge is 0.130 e. The van der Waals surface area contributed by atoms with Crippen LogP contribution in [0.1, 0.15) is 354 Å². The van der Waals surface area contributed by atoms with Gasteiger partial charge in [-0.25, -0.2) is 40.7 Å². The normalized spacial score (nSPS) is 10.5. The number of nitrogens with zero attached hydrogens (tertiary/aromatic N) is 3. The number of hydrogen-bond donors (Lipinski definition) is 0. The zero-order valence-electron chi connectivity index (χ0n) is 82.2. The van der Waals surface area contributed by atoms with Crippen LogP contribution in [-0.2, 0) is 0 Å². The van der Waals surface area contributed by atoms with Crippen LogP contribution in [0.25, 0.3) is 0 Å². The Morgan fingerprint density at radius 1 is 0.214 bits per heavy atom. The van der Waals surface area contributed by atoms with E-state index in [4.69, 9.17) is 23.2 Å². The Hall–Kier alpha value is -9.48. The summed E-state index contributed by atoms with van der Waals surface area (Å²) in [6.07, 6.45) is 5.44. The number of pyridine rings is 1. The van der Waals surface area contributed by atoms with Crippen molar-refractivity contribution in [1.82, 2.24) is 15.0 Å². The summed E-state index contributed by atoms with van der Waals surface area (Å²) in [5.41, 5.74) is 21.9. The molecule has 0 spiro atoms. The standard InChI is InChI=1S/2C10H13Cl.4C10H13F.2C10H14.C9H10F2.C9H11F.C9H13N.C7H10N2/c1-7(2)9-5-4-8(3)10(11)6-9;1-7(2)9-5-4-8(3)6-10(9)11;1-7(2)9-4-5-10(11)8(3)6-9;1-7(2)9-5-4-8(3)10(11)6-9;2*1-7(2)9-5-4-8(3)6-10(9)11;2*1-8(2)10-6-4-9(3)5-7-10;1-6(2)7-3-8(10)5-9(11)4-7;1-7(2)8-4-3-5-9(10)6-8;1-7(2)9-5-4-8(3)6-10-9;1-6(2)7-8-4-3-5-9-7/h6*4-7H,1-3H3;2*4-8H,1-3H3;3-6H,1-2H3;3-7H,1-2H3;4-7H,1-3H3;3-6H,1-2H3. The van der Waals surface area contributed by atoms with E-state index in [1.54, 1.807) is 56.6 Å². The first kappa shape index (κ1) is 115. The molecular weight excluding hydrogens is 1620 g/mol. The lowest BCUT2D eigenvalue weighted by atomic mass is 10.0. The van der Waals surface area contributed by atoms with Crippen LogP contribution in [0.5, 0.6) is 0 Å². The summed E-state index contributed by atoms with van der Waals surface area (Å²) in [5, 5.41) is 1.76. The molecule has 0 unspecified atom stereocenters. The number of aryl methyl sites for hydroxylation is 9. The highest BCUT2D eigenvalue weighted by molar-refractivity contribution is 6.31. The SMILES string of the molecule is CC(C)c1cc(F)cc(F)c1.CC(C)c1cccc(F)c1.CC(C)c1ncccn1.Cc1cc(C(C)C)ccc1F.Cc1ccc(C(C)C)c(Cl)c1.Cc1ccc(C(C)C)c(F)c1.Cc1ccc(C(C)C)c(F)c1.Cc1ccc(C(C)C)cc1.Cc1ccc(C(C)C)cc1.Cc1ccc(C(C)C)cc1Cl.Cc1ccc(C(C)C)cc1F.Cc1ccc(C(C)C)nc1. The highest BCUT2D eigenvalue weighted by Gasteiger charge is 2.11. The van der Waals surface area contributed by atoms with E-state index in [1.807, 2.05) is 141 Å². The quantitative estimate of drug-likeness (QED) is 0.114. The molecule has 0 saturated carbocycles. The number of aromatic nitrogens is 3. The zero-order valence-corrected chi connectivity index (χ0v) is 83.7. The van der Waals surface area contributed by atoms with E-state index < -0.39 is 11.6 Å². The summed E-state index contributed by atoms with van der Waals surface area (Å²) in [6, 6.07) is 67.6. The van der Waals surface area contributed by atoms with Gasteiger partial charge in [0.15, 0.2) is 0 Å². The molecule has 12 aromatic rings. The van der Waals surface area contributed by atoms with Crippen molar-refractivity contribution in [2.24, 2.45) is 0 Å². The Morgan fingerprint density at radius 3 is 0.905 bits per heavy atom. The van der Waals surface area contributed by atoms with Crippen LogP contribution in [0.2, 0.25) is 10.0 Å². The highest BCUT2D eigenvalue weighted by Crippen LogP contribution is 2.28. The third-order valence-electron chi connectivity index (χ3n) is 20.1. The lowest BCUT2D eigenvalue weighted by Crippen LogP contribution is -1.93. The van der Waals surface area contributed by atoms with Gasteiger partial charge < -0.3 is 0 Å². The van der Waals surface area contributed by atoms with Gasteiger partial charge in [0.2, 0.25) is 0 Å². The second-order valence-corrected chi connectivity index (χ2v) is 36.7. The third kappa shape index (κ3) is 47.4. The number of rotatable bonds is 12. The molecular formula is C114H150Cl2F7N3. The van der Waals surface area contributed by atoms with Crippen molar-refractivity contribution in [2.75, 3.05) is 0 Å². The van der Waals surface area contributed by atoms with Gasteiger partial charge in [-0.05, 0) is 295 Å². The van der Waals surface area contributed by atoms with Gasteiger partial charge in [0.1, 0.15) is 46.5 Å². The van der Waals surface area contributed by atoms with Crippen molar-refractivity contribution in [1.29, 1.82) is 0 Å². The molecule has 0 amide bonds. The molecule has 0 aliphatic carbocycles. The third-order valence-corrected chi connectivity index (χ3v) is 20.8. The molecule has 126 heavy (non-hydrogen) atoms. The van der Waals surface area contributed by atoms with Gasteiger partial charge in [-0.15, -0.1) is 0 Å². The Morgan fingerprint density at radius 2 is 0.571 bits per heavy atom. The highest BCUT2D eigenvalue weighted by atomic mass is 35.5. The van der Waals surface area contributed by atoms with Gasteiger partial charge in [-0.2, -0.15) is 0 Å². The van der Waals surface area contributed by atoms with Crippen LogP contribution >= 0.6 is 23.2 Å². The first-order valence-corrected chi connectivity index (χ1v) is 45.2. The molecule has 0 radical (unpaired) electrons. The van der Waals surface area contributed by atoms with Gasteiger partial charge in [0.05, 0.1) is 0 Å². The topological polar surface area (TPSA) is 38.7 Å².